The van der Waals surface area contributed by atoms with Crippen molar-refractivity contribution < 1.29 is 18.0 Å². The summed E-state index contributed by atoms with van der Waals surface area (Å²) in [4.78, 5) is 27.2. The van der Waals surface area contributed by atoms with Crippen LogP contribution >= 0.6 is 0 Å². The lowest BCUT2D eigenvalue weighted by Gasteiger charge is -2.34. The third-order valence-corrected chi connectivity index (χ3v) is 5.98. The van der Waals surface area contributed by atoms with Gasteiger partial charge in [-0.2, -0.15) is 0 Å². The van der Waals surface area contributed by atoms with Crippen molar-refractivity contribution in [1.29, 1.82) is 0 Å². The van der Waals surface area contributed by atoms with Crippen molar-refractivity contribution in [3.05, 3.63) is 29.3 Å². The Morgan fingerprint density at radius 2 is 1.62 bits per heavy atom. The van der Waals surface area contributed by atoms with E-state index in [1.807, 2.05) is 26.0 Å². The first kappa shape index (κ1) is 20.2. The van der Waals surface area contributed by atoms with Crippen LogP contribution in [0.4, 0.5) is 5.69 Å². The van der Waals surface area contributed by atoms with E-state index in [1.54, 1.807) is 15.9 Å². The summed E-state index contributed by atoms with van der Waals surface area (Å²) >= 11 is 0. The van der Waals surface area contributed by atoms with Crippen molar-refractivity contribution in [2.24, 2.45) is 0 Å². The van der Waals surface area contributed by atoms with Crippen molar-refractivity contribution in [3.63, 3.8) is 0 Å². The Morgan fingerprint density at radius 3 is 2.12 bits per heavy atom. The van der Waals surface area contributed by atoms with Gasteiger partial charge in [-0.05, 0) is 37.1 Å². The van der Waals surface area contributed by atoms with Crippen LogP contribution in [0.5, 0.6) is 0 Å². The van der Waals surface area contributed by atoms with Crippen LogP contribution in [0.25, 0.3) is 0 Å². The summed E-state index contributed by atoms with van der Waals surface area (Å²) in [7, 11) is -3.48. The minimum atomic E-state index is -3.48. The van der Waals surface area contributed by atoms with E-state index in [0.29, 0.717) is 31.9 Å². The predicted molar refractivity (Wildman–Crippen MR) is 102 cm³/mol. The molecular formula is C18H27N3O4S. The minimum absolute atomic E-state index is 0.00934. The Labute approximate surface area is 155 Å². The quantitative estimate of drug-likeness (QED) is 0.767. The molecule has 1 aromatic carbocycles. The zero-order valence-corrected chi connectivity index (χ0v) is 16.7. The molecule has 1 aromatic rings. The number of piperazine rings is 1. The van der Waals surface area contributed by atoms with Gasteiger partial charge in [0, 0.05) is 46.1 Å². The monoisotopic (exact) mass is 381 g/mol. The highest BCUT2D eigenvalue weighted by Crippen LogP contribution is 2.21. The average Bonchev–Trinajstić information content (AvgIpc) is 2.57. The highest BCUT2D eigenvalue weighted by atomic mass is 32.2. The molecule has 7 nitrogen and oxygen atoms in total. The van der Waals surface area contributed by atoms with Crippen LogP contribution in [0.2, 0.25) is 0 Å². The predicted octanol–water partition coefficient (Wildman–Crippen LogP) is 1.15. The van der Waals surface area contributed by atoms with E-state index in [-0.39, 0.29) is 24.8 Å². The van der Waals surface area contributed by atoms with Gasteiger partial charge in [-0.3, -0.25) is 13.9 Å². The second kappa shape index (κ2) is 8.07. The first-order valence-electron chi connectivity index (χ1n) is 8.68. The highest BCUT2D eigenvalue weighted by molar-refractivity contribution is 7.92. The molecule has 0 radical (unpaired) electrons. The number of sulfonamides is 1. The van der Waals surface area contributed by atoms with Gasteiger partial charge in [0.1, 0.15) is 0 Å². The lowest BCUT2D eigenvalue weighted by molar-refractivity contribution is -0.138. The fourth-order valence-corrected chi connectivity index (χ4v) is 3.91. The maximum absolute atomic E-state index is 12.5. The maximum Gasteiger partial charge on any atom is 0.232 e. The molecule has 2 rings (SSSR count). The average molecular weight is 381 g/mol. The molecule has 26 heavy (non-hydrogen) atoms. The molecule has 2 amide bonds. The molecule has 0 unspecified atom stereocenters. The van der Waals surface area contributed by atoms with E-state index in [0.717, 1.165) is 17.4 Å². The largest absolute Gasteiger partial charge is 0.339 e. The zero-order chi connectivity index (χ0) is 19.5. The van der Waals surface area contributed by atoms with Gasteiger partial charge in [-0.1, -0.05) is 6.07 Å². The first-order valence-corrected chi connectivity index (χ1v) is 10.5. The molecule has 144 valence electrons. The van der Waals surface area contributed by atoms with Gasteiger partial charge in [0.2, 0.25) is 21.8 Å². The molecule has 0 aromatic heterocycles. The number of carbonyl (C=O) groups excluding carboxylic acids is 2. The number of amides is 2. The van der Waals surface area contributed by atoms with Gasteiger partial charge in [0.25, 0.3) is 0 Å². The van der Waals surface area contributed by atoms with Crippen molar-refractivity contribution in [2.45, 2.75) is 27.2 Å². The SMILES string of the molecule is CC(=O)N1CCN(C(=O)CCN(c2ccc(C)c(C)c2)S(C)(=O)=O)CC1. The van der Waals surface area contributed by atoms with Crippen LogP contribution in [-0.4, -0.2) is 69.0 Å². The van der Waals surface area contributed by atoms with Gasteiger partial charge in [-0.25, -0.2) is 8.42 Å². The fourth-order valence-electron chi connectivity index (χ4n) is 2.99. The third-order valence-electron chi connectivity index (χ3n) is 4.79. The van der Waals surface area contributed by atoms with Crippen molar-refractivity contribution in [1.82, 2.24) is 9.80 Å². The maximum atomic E-state index is 12.5. The van der Waals surface area contributed by atoms with Gasteiger partial charge in [0.05, 0.1) is 11.9 Å². The molecule has 0 spiro atoms. The molecule has 0 atom stereocenters. The summed E-state index contributed by atoms with van der Waals surface area (Å²) in [6.07, 6.45) is 1.26. The van der Waals surface area contributed by atoms with Crippen LogP contribution in [-0.2, 0) is 19.6 Å². The number of hydrogen-bond donors (Lipinski definition) is 0. The van der Waals surface area contributed by atoms with E-state index < -0.39 is 10.0 Å². The first-order chi connectivity index (χ1) is 12.1. The highest BCUT2D eigenvalue weighted by Gasteiger charge is 2.24. The van der Waals surface area contributed by atoms with Gasteiger partial charge in [-0.15, -0.1) is 0 Å². The molecular weight excluding hydrogens is 354 g/mol. The van der Waals surface area contributed by atoms with E-state index in [4.69, 9.17) is 0 Å². The molecule has 0 N–H and O–H groups in total. The van der Waals surface area contributed by atoms with Crippen LogP contribution < -0.4 is 4.31 Å². The standard InChI is InChI=1S/C18H27N3O4S/c1-14-5-6-17(13-15(14)2)21(26(4,24)25)8-7-18(23)20-11-9-19(10-12-20)16(3)22/h5-6,13H,7-12H2,1-4H3. The number of aryl methyl sites for hydroxylation is 2. The van der Waals surface area contributed by atoms with Crippen LogP contribution in [0.3, 0.4) is 0 Å². The Hall–Kier alpha value is -2.09. The molecule has 1 fully saturated rings. The summed E-state index contributed by atoms with van der Waals surface area (Å²) in [6.45, 7) is 7.54. The van der Waals surface area contributed by atoms with Crippen LogP contribution in [0, 0.1) is 13.8 Å². The van der Waals surface area contributed by atoms with Crippen molar-refractivity contribution in [2.75, 3.05) is 43.3 Å². The molecule has 1 aliphatic heterocycles. The minimum Gasteiger partial charge on any atom is -0.339 e. The number of rotatable bonds is 5. The Bertz CT molecular complexity index is 784. The molecule has 1 saturated heterocycles. The Balaban J connectivity index is 2.03. The number of nitrogens with zero attached hydrogens (tertiary/aromatic N) is 3. The third kappa shape index (κ3) is 4.97. The smallest absolute Gasteiger partial charge is 0.232 e. The van der Waals surface area contributed by atoms with E-state index >= 15 is 0 Å². The number of carbonyl (C=O) groups is 2. The molecule has 8 heteroatoms. The summed E-state index contributed by atoms with van der Waals surface area (Å²) in [5.74, 6) is -0.0826. The molecule has 0 aliphatic carbocycles. The molecule has 1 heterocycles. The lowest BCUT2D eigenvalue weighted by Crippen LogP contribution is -2.50. The number of benzene rings is 1. The second-order valence-corrected chi connectivity index (χ2v) is 8.65. The topological polar surface area (TPSA) is 78.0 Å². The van der Waals surface area contributed by atoms with E-state index in [2.05, 4.69) is 0 Å². The Kier molecular flexibility index (Phi) is 6.28. The normalized spacial score (nSPS) is 15.1. The molecule has 0 saturated carbocycles. The summed E-state index contributed by atoms with van der Waals surface area (Å²) < 4.78 is 25.7. The number of anilines is 1. The van der Waals surface area contributed by atoms with Crippen molar-refractivity contribution in [3.8, 4) is 0 Å². The van der Waals surface area contributed by atoms with Crippen LogP contribution in [0.15, 0.2) is 18.2 Å². The summed E-state index contributed by atoms with van der Waals surface area (Å²) in [5, 5.41) is 0. The van der Waals surface area contributed by atoms with Crippen LogP contribution in [0.1, 0.15) is 24.5 Å². The number of hydrogen-bond acceptors (Lipinski definition) is 4. The van der Waals surface area contributed by atoms with E-state index in [9.17, 15) is 18.0 Å². The summed E-state index contributed by atoms with van der Waals surface area (Å²) in [6, 6.07) is 5.47. The molecule has 0 bridgehead atoms. The van der Waals surface area contributed by atoms with Gasteiger partial charge >= 0.3 is 0 Å². The fraction of sp³-hybridized carbons (Fsp3) is 0.556. The van der Waals surface area contributed by atoms with Gasteiger partial charge < -0.3 is 9.80 Å². The Morgan fingerprint density at radius 1 is 1.04 bits per heavy atom. The zero-order valence-electron chi connectivity index (χ0n) is 15.9. The summed E-state index contributed by atoms with van der Waals surface area (Å²) in [5.41, 5.74) is 2.66. The second-order valence-electron chi connectivity index (χ2n) is 6.74. The lowest BCUT2D eigenvalue weighted by atomic mass is 10.1. The molecule has 1 aliphatic rings. The van der Waals surface area contributed by atoms with Gasteiger partial charge in [0.15, 0.2) is 0 Å². The van der Waals surface area contributed by atoms with Crippen molar-refractivity contribution >= 4 is 27.5 Å². The van der Waals surface area contributed by atoms with E-state index in [1.165, 1.54) is 11.2 Å².